The minimum absolute atomic E-state index is 0.718. The lowest BCUT2D eigenvalue weighted by Gasteiger charge is -2.27. The largest absolute Gasteiger partial charge is 0.0648 e. The van der Waals surface area contributed by atoms with E-state index in [4.69, 9.17) is 0 Å². The summed E-state index contributed by atoms with van der Waals surface area (Å²) in [4.78, 5) is 0. The Labute approximate surface area is 94.8 Å². The molecule has 0 nitrogen and oxygen atoms in total. The molecule has 3 unspecified atom stereocenters. The molecule has 3 aliphatic carbocycles. The molecule has 0 spiro atoms. The Bertz CT molecular complexity index is 259. The number of rotatable bonds is 3. The molecule has 3 atom stereocenters. The summed E-state index contributed by atoms with van der Waals surface area (Å²) in [5, 5.41) is 0. The van der Waals surface area contributed by atoms with Crippen molar-refractivity contribution in [2.45, 2.75) is 65.7 Å². The van der Waals surface area contributed by atoms with Crippen LogP contribution in [0, 0.1) is 28.6 Å². The van der Waals surface area contributed by atoms with Crippen LogP contribution in [0.25, 0.3) is 0 Å². The molecular formula is C15H26. The summed E-state index contributed by atoms with van der Waals surface area (Å²) in [6, 6.07) is 0. The van der Waals surface area contributed by atoms with Gasteiger partial charge in [0.2, 0.25) is 0 Å². The summed E-state index contributed by atoms with van der Waals surface area (Å²) in [6.07, 6.45) is 10.8. The average molecular weight is 206 g/mol. The molecule has 0 amide bonds. The van der Waals surface area contributed by atoms with Crippen molar-refractivity contribution >= 4 is 0 Å². The van der Waals surface area contributed by atoms with Crippen molar-refractivity contribution in [3.8, 4) is 0 Å². The summed E-state index contributed by atoms with van der Waals surface area (Å²) in [7, 11) is 0. The molecule has 3 aliphatic rings. The Morgan fingerprint density at radius 3 is 2.27 bits per heavy atom. The molecule has 0 saturated heterocycles. The topological polar surface area (TPSA) is 0 Å². The van der Waals surface area contributed by atoms with E-state index in [2.05, 4.69) is 20.8 Å². The van der Waals surface area contributed by atoms with Crippen LogP contribution in [0.4, 0.5) is 0 Å². The summed E-state index contributed by atoms with van der Waals surface area (Å²) in [6.45, 7) is 7.41. The predicted molar refractivity (Wildman–Crippen MR) is 64.7 cm³/mol. The molecule has 15 heavy (non-hydrogen) atoms. The zero-order valence-corrected chi connectivity index (χ0v) is 10.7. The molecule has 0 aromatic rings. The van der Waals surface area contributed by atoms with Gasteiger partial charge in [0.15, 0.2) is 0 Å². The maximum Gasteiger partial charge on any atom is -0.0269 e. The van der Waals surface area contributed by atoms with Gasteiger partial charge in [0.1, 0.15) is 0 Å². The van der Waals surface area contributed by atoms with E-state index in [1.165, 1.54) is 6.42 Å². The van der Waals surface area contributed by atoms with E-state index >= 15 is 0 Å². The van der Waals surface area contributed by atoms with Crippen molar-refractivity contribution in [2.75, 3.05) is 0 Å². The van der Waals surface area contributed by atoms with Crippen molar-refractivity contribution in [2.24, 2.45) is 28.6 Å². The maximum absolute atomic E-state index is 2.53. The van der Waals surface area contributed by atoms with Gasteiger partial charge in [-0.25, -0.2) is 0 Å². The fraction of sp³-hybridized carbons (Fsp3) is 1.00. The molecule has 0 heterocycles. The minimum atomic E-state index is 0.718. The third kappa shape index (κ3) is 1.33. The second kappa shape index (κ2) is 3.02. The van der Waals surface area contributed by atoms with Crippen LogP contribution in [0.2, 0.25) is 0 Å². The zero-order valence-electron chi connectivity index (χ0n) is 10.7. The van der Waals surface area contributed by atoms with Crippen LogP contribution >= 0.6 is 0 Å². The first-order valence-corrected chi connectivity index (χ1v) is 7.10. The standard InChI is InChI=1S/C15H26/c1-4-14(3)11(2)13(14)10-15-7-5-12(9-15)6-8-15/h11-13H,4-10H2,1-3H3. The van der Waals surface area contributed by atoms with Crippen LogP contribution in [-0.2, 0) is 0 Å². The molecule has 0 heteroatoms. The van der Waals surface area contributed by atoms with Crippen molar-refractivity contribution in [1.29, 1.82) is 0 Å². The van der Waals surface area contributed by atoms with E-state index in [-0.39, 0.29) is 0 Å². The van der Waals surface area contributed by atoms with E-state index in [1.807, 2.05) is 0 Å². The third-order valence-electron chi connectivity index (χ3n) is 6.68. The quantitative estimate of drug-likeness (QED) is 0.631. The molecule has 0 aromatic heterocycles. The highest BCUT2D eigenvalue weighted by atomic mass is 14.6. The van der Waals surface area contributed by atoms with Gasteiger partial charge < -0.3 is 0 Å². The second-order valence-corrected chi connectivity index (χ2v) is 7.11. The fourth-order valence-corrected chi connectivity index (χ4v) is 4.97. The molecule has 3 rings (SSSR count). The monoisotopic (exact) mass is 206 g/mol. The molecule has 3 fully saturated rings. The van der Waals surface area contributed by atoms with Crippen LogP contribution in [0.3, 0.4) is 0 Å². The Kier molecular flexibility index (Phi) is 2.05. The van der Waals surface area contributed by atoms with Crippen molar-refractivity contribution in [1.82, 2.24) is 0 Å². The minimum Gasteiger partial charge on any atom is -0.0648 e. The number of fused-ring (bicyclic) bond motifs is 2. The van der Waals surface area contributed by atoms with Gasteiger partial charge in [-0.2, -0.15) is 0 Å². The molecule has 3 saturated carbocycles. The lowest BCUT2D eigenvalue weighted by molar-refractivity contribution is 0.237. The highest BCUT2D eigenvalue weighted by molar-refractivity contribution is 5.09. The Hall–Kier alpha value is 0. The van der Waals surface area contributed by atoms with Gasteiger partial charge in [0.25, 0.3) is 0 Å². The summed E-state index contributed by atoms with van der Waals surface area (Å²) >= 11 is 0. The second-order valence-electron chi connectivity index (χ2n) is 7.11. The van der Waals surface area contributed by atoms with Gasteiger partial charge >= 0.3 is 0 Å². The molecular weight excluding hydrogens is 180 g/mol. The highest BCUT2D eigenvalue weighted by Crippen LogP contribution is 2.68. The first kappa shape index (κ1) is 10.2. The van der Waals surface area contributed by atoms with Crippen LogP contribution in [-0.4, -0.2) is 0 Å². The number of hydrogen-bond acceptors (Lipinski definition) is 0. The van der Waals surface area contributed by atoms with Crippen molar-refractivity contribution < 1.29 is 0 Å². The van der Waals surface area contributed by atoms with Crippen LogP contribution in [0.1, 0.15) is 65.7 Å². The summed E-state index contributed by atoms with van der Waals surface area (Å²) < 4.78 is 0. The van der Waals surface area contributed by atoms with Gasteiger partial charge in [-0.15, -0.1) is 0 Å². The van der Waals surface area contributed by atoms with E-state index in [9.17, 15) is 0 Å². The van der Waals surface area contributed by atoms with Crippen molar-refractivity contribution in [3.05, 3.63) is 0 Å². The van der Waals surface area contributed by atoms with E-state index in [1.54, 1.807) is 38.5 Å². The van der Waals surface area contributed by atoms with E-state index in [0.717, 1.165) is 28.6 Å². The summed E-state index contributed by atoms with van der Waals surface area (Å²) in [5.74, 6) is 3.21. The molecule has 0 aliphatic heterocycles. The van der Waals surface area contributed by atoms with E-state index in [0.29, 0.717) is 0 Å². The van der Waals surface area contributed by atoms with Gasteiger partial charge in [0.05, 0.1) is 0 Å². The number of hydrogen-bond donors (Lipinski definition) is 0. The average Bonchev–Trinajstić information content (AvgIpc) is 2.71. The van der Waals surface area contributed by atoms with Crippen LogP contribution in [0.15, 0.2) is 0 Å². The fourth-order valence-electron chi connectivity index (χ4n) is 4.97. The van der Waals surface area contributed by atoms with Gasteiger partial charge in [-0.05, 0) is 67.1 Å². The highest BCUT2D eigenvalue weighted by Gasteiger charge is 2.60. The van der Waals surface area contributed by atoms with Crippen LogP contribution < -0.4 is 0 Å². The van der Waals surface area contributed by atoms with E-state index < -0.39 is 0 Å². The molecule has 0 N–H and O–H groups in total. The Morgan fingerprint density at radius 2 is 1.87 bits per heavy atom. The Balaban J connectivity index is 1.67. The predicted octanol–water partition coefficient (Wildman–Crippen LogP) is 4.64. The Morgan fingerprint density at radius 1 is 1.20 bits per heavy atom. The van der Waals surface area contributed by atoms with Gasteiger partial charge in [-0.3, -0.25) is 0 Å². The van der Waals surface area contributed by atoms with Crippen LogP contribution in [0.5, 0.6) is 0 Å². The SMILES string of the molecule is CCC1(C)C(C)C1CC12CCC(CC1)C2. The lowest BCUT2D eigenvalue weighted by atomic mass is 9.78. The molecule has 0 aromatic carbocycles. The smallest absolute Gasteiger partial charge is 0.0269 e. The first-order valence-electron chi connectivity index (χ1n) is 7.10. The molecule has 0 radical (unpaired) electrons. The first-order chi connectivity index (χ1) is 7.10. The summed E-state index contributed by atoms with van der Waals surface area (Å²) in [5.41, 5.74) is 1.55. The third-order valence-corrected chi connectivity index (χ3v) is 6.68. The normalized spacial score (nSPS) is 57.4. The van der Waals surface area contributed by atoms with Crippen molar-refractivity contribution in [3.63, 3.8) is 0 Å². The lowest BCUT2D eigenvalue weighted by Crippen LogP contribution is -2.16. The zero-order chi connectivity index (χ0) is 10.7. The maximum atomic E-state index is 2.53. The van der Waals surface area contributed by atoms with Gasteiger partial charge in [0, 0.05) is 0 Å². The molecule has 86 valence electrons. The van der Waals surface area contributed by atoms with Gasteiger partial charge in [-0.1, -0.05) is 27.2 Å². The molecule has 2 bridgehead atoms.